The minimum atomic E-state index is 0.498. The lowest BCUT2D eigenvalue weighted by molar-refractivity contribution is 0.313. The molecule has 0 atom stereocenters. The first-order valence-corrected chi connectivity index (χ1v) is 8.52. The lowest BCUT2D eigenvalue weighted by Crippen LogP contribution is -2.35. The van der Waals surface area contributed by atoms with E-state index in [1.807, 2.05) is 0 Å². The van der Waals surface area contributed by atoms with Crippen LogP contribution in [0.25, 0.3) is 0 Å². The van der Waals surface area contributed by atoms with Crippen molar-refractivity contribution in [3.63, 3.8) is 0 Å². The van der Waals surface area contributed by atoms with Gasteiger partial charge in [0, 0.05) is 25.7 Å². The molecule has 3 nitrogen and oxygen atoms in total. The second-order valence-electron chi connectivity index (χ2n) is 6.72. The molecule has 0 saturated heterocycles. The molecule has 1 aromatic rings. The van der Waals surface area contributed by atoms with Crippen molar-refractivity contribution in [2.45, 2.75) is 71.5 Å². The van der Waals surface area contributed by atoms with E-state index in [1.165, 1.54) is 32.1 Å². The summed E-state index contributed by atoms with van der Waals surface area (Å²) in [5.41, 5.74) is 1.13. The lowest BCUT2D eigenvalue weighted by Gasteiger charge is -2.35. The number of aromatic nitrogens is 1. The molecule has 1 fully saturated rings. The lowest BCUT2D eigenvalue weighted by atomic mass is 9.84. The second kappa shape index (κ2) is 7.79. The van der Waals surface area contributed by atoms with Crippen molar-refractivity contribution in [3.8, 4) is 0 Å². The number of nitrogens with zero attached hydrogens (tertiary/aromatic N) is 2. The van der Waals surface area contributed by atoms with Crippen molar-refractivity contribution in [2.75, 3.05) is 11.9 Å². The number of hydrogen-bond acceptors (Lipinski definition) is 3. The molecule has 3 heteroatoms. The fourth-order valence-corrected chi connectivity index (χ4v) is 3.20. The molecule has 0 radical (unpaired) electrons. The molecule has 1 saturated carbocycles. The molecule has 0 unspecified atom stereocenters. The average Bonchev–Trinajstić information content (AvgIpc) is 2.52. The minimum Gasteiger partial charge on any atom is -0.357 e. The summed E-state index contributed by atoms with van der Waals surface area (Å²) in [6.07, 6.45) is 6.71. The van der Waals surface area contributed by atoms with E-state index < -0.39 is 0 Å². The van der Waals surface area contributed by atoms with E-state index in [-0.39, 0.29) is 0 Å². The summed E-state index contributed by atoms with van der Waals surface area (Å²) in [6.45, 7) is 7.51. The summed E-state index contributed by atoms with van der Waals surface area (Å²) in [4.78, 5) is 7.22. The van der Waals surface area contributed by atoms with Gasteiger partial charge in [-0.05, 0) is 43.7 Å². The second-order valence-corrected chi connectivity index (χ2v) is 6.72. The summed E-state index contributed by atoms with van der Waals surface area (Å²) in [6, 6.07) is 7.55. The normalized spacial score (nSPS) is 22.5. The van der Waals surface area contributed by atoms with Gasteiger partial charge in [-0.2, -0.15) is 0 Å². The molecule has 1 N–H and O–H groups in total. The highest BCUT2D eigenvalue weighted by Gasteiger charge is 2.23. The van der Waals surface area contributed by atoms with Crippen molar-refractivity contribution >= 4 is 5.82 Å². The maximum Gasteiger partial charge on any atom is 0.128 e. The Morgan fingerprint density at radius 1 is 1.24 bits per heavy atom. The highest BCUT2D eigenvalue weighted by Crippen LogP contribution is 2.30. The van der Waals surface area contributed by atoms with Crippen LogP contribution in [0.5, 0.6) is 0 Å². The Balaban J connectivity index is 1.95. The number of nitrogens with one attached hydrogen (secondary N) is 1. The van der Waals surface area contributed by atoms with Crippen LogP contribution in [-0.2, 0) is 6.54 Å². The van der Waals surface area contributed by atoms with Crippen LogP contribution in [-0.4, -0.2) is 24.1 Å². The smallest absolute Gasteiger partial charge is 0.128 e. The Labute approximate surface area is 130 Å². The first-order valence-electron chi connectivity index (χ1n) is 8.52. The summed E-state index contributed by atoms with van der Waals surface area (Å²) in [5, 5.41) is 3.44. The van der Waals surface area contributed by atoms with Gasteiger partial charge >= 0.3 is 0 Å². The maximum atomic E-state index is 4.82. The maximum absolute atomic E-state index is 4.82. The zero-order valence-corrected chi connectivity index (χ0v) is 14.1. The predicted octanol–water partition coefficient (Wildman–Crippen LogP) is 3.98. The predicted molar refractivity (Wildman–Crippen MR) is 90.7 cm³/mol. The van der Waals surface area contributed by atoms with Gasteiger partial charge in [-0.3, -0.25) is 0 Å². The Kier molecular flexibility index (Phi) is 6.04. The Morgan fingerprint density at radius 2 is 1.95 bits per heavy atom. The van der Waals surface area contributed by atoms with Crippen molar-refractivity contribution in [1.29, 1.82) is 0 Å². The van der Waals surface area contributed by atoms with Crippen LogP contribution >= 0.6 is 0 Å². The first kappa shape index (κ1) is 16.3. The van der Waals surface area contributed by atoms with Crippen LogP contribution in [0.1, 0.15) is 58.6 Å². The SMILES string of the molecule is CCC1CCC(N(C)c2cccc(CNC(C)C)n2)CC1. The van der Waals surface area contributed by atoms with Gasteiger partial charge in [-0.15, -0.1) is 0 Å². The zero-order valence-electron chi connectivity index (χ0n) is 14.1. The fraction of sp³-hybridized carbons (Fsp3) is 0.722. The molecule has 0 bridgehead atoms. The summed E-state index contributed by atoms with van der Waals surface area (Å²) >= 11 is 0. The Bertz CT molecular complexity index is 422. The van der Waals surface area contributed by atoms with E-state index in [9.17, 15) is 0 Å². The number of anilines is 1. The van der Waals surface area contributed by atoms with E-state index in [0.29, 0.717) is 12.1 Å². The standard InChI is InChI=1S/C18H31N3/c1-5-15-9-11-17(12-10-15)21(4)18-8-6-7-16(20-18)13-19-14(2)3/h6-8,14-15,17,19H,5,9-13H2,1-4H3. The van der Waals surface area contributed by atoms with Gasteiger partial charge in [0.2, 0.25) is 0 Å². The summed E-state index contributed by atoms with van der Waals surface area (Å²) in [7, 11) is 2.21. The van der Waals surface area contributed by atoms with Gasteiger partial charge in [0.1, 0.15) is 5.82 Å². The Hall–Kier alpha value is -1.09. The molecule has 1 aliphatic carbocycles. The van der Waals surface area contributed by atoms with E-state index in [4.69, 9.17) is 4.98 Å². The molecule has 1 aromatic heterocycles. The van der Waals surface area contributed by atoms with Gasteiger partial charge in [0.25, 0.3) is 0 Å². The number of pyridine rings is 1. The van der Waals surface area contributed by atoms with E-state index in [2.05, 4.69) is 56.2 Å². The minimum absolute atomic E-state index is 0.498. The third kappa shape index (κ3) is 4.70. The quantitative estimate of drug-likeness (QED) is 0.858. The third-order valence-corrected chi connectivity index (χ3v) is 4.79. The molecule has 1 aliphatic rings. The highest BCUT2D eigenvalue weighted by molar-refractivity contribution is 5.39. The molecular formula is C18H31N3. The summed E-state index contributed by atoms with van der Waals surface area (Å²) in [5.74, 6) is 2.07. The van der Waals surface area contributed by atoms with Crippen LogP contribution in [0.4, 0.5) is 5.82 Å². The average molecular weight is 289 g/mol. The Morgan fingerprint density at radius 3 is 2.57 bits per heavy atom. The molecule has 118 valence electrons. The molecule has 0 aliphatic heterocycles. The van der Waals surface area contributed by atoms with Crippen molar-refractivity contribution in [2.24, 2.45) is 5.92 Å². The van der Waals surface area contributed by atoms with Crippen molar-refractivity contribution in [3.05, 3.63) is 23.9 Å². The van der Waals surface area contributed by atoms with Crippen LogP contribution < -0.4 is 10.2 Å². The van der Waals surface area contributed by atoms with Gasteiger partial charge in [0.15, 0.2) is 0 Å². The zero-order chi connectivity index (χ0) is 15.2. The van der Waals surface area contributed by atoms with Crippen LogP contribution in [0, 0.1) is 5.92 Å². The van der Waals surface area contributed by atoms with Gasteiger partial charge in [-0.25, -0.2) is 4.98 Å². The third-order valence-electron chi connectivity index (χ3n) is 4.79. The molecule has 2 rings (SSSR count). The molecule has 1 heterocycles. The largest absolute Gasteiger partial charge is 0.357 e. The molecule has 0 aromatic carbocycles. The fourth-order valence-electron chi connectivity index (χ4n) is 3.20. The molecule has 0 amide bonds. The molecule has 0 spiro atoms. The van der Waals surface area contributed by atoms with E-state index >= 15 is 0 Å². The number of hydrogen-bond donors (Lipinski definition) is 1. The monoisotopic (exact) mass is 289 g/mol. The number of rotatable bonds is 6. The topological polar surface area (TPSA) is 28.2 Å². The van der Waals surface area contributed by atoms with E-state index in [0.717, 1.165) is 24.0 Å². The summed E-state index contributed by atoms with van der Waals surface area (Å²) < 4.78 is 0. The van der Waals surface area contributed by atoms with Gasteiger partial charge in [0.05, 0.1) is 5.69 Å². The van der Waals surface area contributed by atoms with Gasteiger partial charge in [-0.1, -0.05) is 33.3 Å². The highest BCUT2D eigenvalue weighted by atomic mass is 15.2. The van der Waals surface area contributed by atoms with E-state index in [1.54, 1.807) is 0 Å². The van der Waals surface area contributed by atoms with Crippen molar-refractivity contribution in [1.82, 2.24) is 10.3 Å². The van der Waals surface area contributed by atoms with Crippen molar-refractivity contribution < 1.29 is 0 Å². The van der Waals surface area contributed by atoms with Crippen LogP contribution in [0.3, 0.4) is 0 Å². The molecule has 21 heavy (non-hydrogen) atoms. The first-order chi connectivity index (χ1) is 10.1. The molecular weight excluding hydrogens is 258 g/mol. The van der Waals surface area contributed by atoms with Gasteiger partial charge < -0.3 is 10.2 Å². The van der Waals surface area contributed by atoms with Crippen LogP contribution in [0.2, 0.25) is 0 Å². The van der Waals surface area contributed by atoms with Crippen LogP contribution in [0.15, 0.2) is 18.2 Å².